The fourth-order valence-corrected chi connectivity index (χ4v) is 16.7. The van der Waals surface area contributed by atoms with Crippen molar-refractivity contribution in [2.45, 2.75) is 75.8 Å². The number of benzene rings is 2. The first kappa shape index (κ1) is 70.9. The van der Waals surface area contributed by atoms with Crippen molar-refractivity contribution in [3.8, 4) is 11.5 Å². The number of amides is 8. The number of imidazole rings is 2. The molecule has 16 rings (SSSR count). The Labute approximate surface area is 612 Å². The smallest absolute Gasteiger partial charge is 0.433 e. The molecule has 0 radical (unpaired) electrons. The third-order valence-electron chi connectivity index (χ3n) is 22.1. The Balaban J connectivity index is 0.704. The minimum Gasteiger partial charge on any atom is -0.494 e. The van der Waals surface area contributed by atoms with Crippen molar-refractivity contribution >= 4 is 103 Å². The number of piperazine rings is 2. The number of nitrogens with zero attached hydrogens (tertiary/aromatic N) is 16. The summed E-state index contributed by atoms with van der Waals surface area (Å²) in [5.74, 6) is -0.0738. The number of hydrogen-bond donors (Lipinski definition) is 4. The molecule has 4 N–H and O–H groups in total. The second kappa shape index (κ2) is 28.7. The monoisotopic (exact) mass is 1490 g/mol. The van der Waals surface area contributed by atoms with Crippen LogP contribution < -0.4 is 50.3 Å². The third kappa shape index (κ3) is 14.2. The number of anilines is 6. The number of ether oxygens (including phenoxy) is 2. The summed E-state index contributed by atoms with van der Waals surface area (Å²) < 4.78 is 102. The minimum absolute atomic E-state index is 0.0968. The van der Waals surface area contributed by atoms with E-state index in [-0.39, 0.29) is 96.4 Å². The van der Waals surface area contributed by atoms with Crippen molar-refractivity contribution in [3.63, 3.8) is 0 Å². The molecule has 2 aliphatic carbocycles. The van der Waals surface area contributed by atoms with Gasteiger partial charge in [-0.3, -0.25) is 67.6 Å². The molecule has 6 fully saturated rings. The predicted molar refractivity (Wildman–Crippen MR) is 385 cm³/mol. The van der Waals surface area contributed by atoms with Crippen molar-refractivity contribution in [3.05, 3.63) is 145 Å². The number of fused-ring (bicyclic) bond motifs is 4. The highest BCUT2D eigenvalue weighted by molar-refractivity contribution is 6.08. The van der Waals surface area contributed by atoms with Gasteiger partial charge in [-0.05, 0) is 117 Å². The molecule has 12 heterocycles. The Hall–Kier alpha value is -11.4. The molecule has 4 saturated heterocycles. The summed E-state index contributed by atoms with van der Waals surface area (Å²) in [6.07, 6.45) is 6.58. The van der Waals surface area contributed by atoms with Gasteiger partial charge in [-0.1, -0.05) is 12.1 Å². The van der Waals surface area contributed by atoms with E-state index in [1.54, 1.807) is 36.7 Å². The van der Waals surface area contributed by atoms with Crippen molar-refractivity contribution in [1.29, 1.82) is 0 Å². The quantitative estimate of drug-likeness (QED) is 0.0617. The van der Waals surface area contributed by atoms with Gasteiger partial charge in [0.2, 0.25) is 11.8 Å². The normalized spacial score (nSPS) is 21.6. The van der Waals surface area contributed by atoms with Crippen molar-refractivity contribution in [2.75, 3.05) is 123 Å². The van der Waals surface area contributed by atoms with Crippen LogP contribution in [0.15, 0.2) is 122 Å². The van der Waals surface area contributed by atoms with Gasteiger partial charge in [-0.25, -0.2) is 29.5 Å². The van der Waals surface area contributed by atoms with E-state index in [2.05, 4.69) is 55.8 Å². The molecule has 8 aromatic heterocycles. The number of nitrogens with one attached hydrogen (secondary N) is 4. The van der Waals surface area contributed by atoms with Gasteiger partial charge in [-0.15, -0.1) is 0 Å². The maximum atomic E-state index is 13.7. The van der Waals surface area contributed by atoms with E-state index in [9.17, 15) is 55.1 Å². The van der Waals surface area contributed by atoms with Crippen LogP contribution in [0.25, 0.3) is 33.1 Å². The van der Waals surface area contributed by atoms with E-state index in [4.69, 9.17) is 24.7 Å². The molecule has 2 unspecified atom stereocenters. The number of urea groups is 2. The summed E-state index contributed by atoms with van der Waals surface area (Å²) in [7, 11) is 2.87. The predicted octanol–water partition coefficient (Wildman–Crippen LogP) is 10.2. The van der Waals surface area contributed by atoms with Crippen LogP contribution in [0, 0.1) is 23.7 Å². The Morgan fingerprint density at radius 3 is 1.53 bits per heavy atom. The molecule has 6 aliphatic rings. The summed E-state index contributed by atoms with van der Waals surface area (Å²) in [5.41, 5.74) is 1.64. The third-order valence-corrected chi connectivity index (χ3v) is 22.1. The van der Waals surface area contributed by atoms with Gasteiger partial charge >= 0.3 is 24.4 Å². The van der Waals surface area contributed by atoms with E-state index in [1.165, 1.54) is 36.2 Å². The molecule has 0 bridgehead atoms. The van der Waals surface area contributed by atoms with E-state index < -0.39 is 59.0 Å². The number of methoxy groups -OCH3 is 2. The van der Waals surface area contributed by atoms with E-state index in [0.29, 0.717) is 57.8 Å². The van der Waals surface area contributed by atoms with Gasteiger partial charge in [0, 0.05) is 151 Å². The van der Waals surface area contributed by atoms with Crippen molar-refractivity contribution < 1.29 is 64.6 Å². The fraction of sp³-hybridized carbons (Fsp3) is 0.405. The largest absolute Gasteiger partial charge is 0.494 e. The Morgan fingerprint density at radius 2 is 1.04 bits per heavy atom. The maximum absolute atomic E-state index is 13.7. The summed E-state index contributed by atoms with van der Waals surface area (Å²) in [4.78, 5) is 107. The summed E-state index contributed by atoms with van der Waals surface area (Å²) in [5, 5.41) is 22.0. The lowest BCUT2D eigenvalue weighted by Crippen LogP contribution is -2.52. The number of carbonyl (C=O) groups is 6. The lowest BCUT2D eigenvalue weighted by molar-refractivity contribution is -0.142. The number of pyridine rings is 4. The van der Waals surface area contributed by atoms with E-state index in [1.807, 2.05) is 67.2 Å². The molecule has 562 valence electrons. The molecule has 34 heteroatoms. The Bertz CT molecular complexity index is 5160. The Kier molecular flexibility index (Phi) is 18.8. The first-order valence-electron chi connectivity index (χ1n) is 36.0. The van der Waals surface area contributed by atoms with Crippen LogP contribution in [0.3, 0.4) is 0 Å². The number of carbonyl (C=O) groups excluding carboxylic acids is 6. The van der Waals surface area contributed by atoms with E-state index >= 15 is 0 Å². The topological polar surface area (TPSA) is 284 Å². The van der Waals surface area contributed by atoms with Crippen LogP contribution in [0.4, 0.5) is 70.3 Å². The van der Waals surface area contributed by atoms with Gasteiger partial charge in [0.15, 0.2) is 5.65 Å². The highest BCUT2D eigenvalue weighted by Crippen LogP contribution is 2.51. The average Bonchev–Trinajstić information content (AvgIpc) is 1.68. The molecule has 4 aliphatic heterocycles. The highest BCUT2D eigenvalue weighted by Gasteiger charge is 2.45. The molecule has 10 aromatic rings. The summed E-state index contributed by atoms with van der Waals surface area (Å²) in [6, 6.07) is 19.9. The first-order valence-corrected chi connectivity index (χ1v) is 36.0. The zero-order chi connectivity index (χ0) is 74.9. The van der Waals surface area contributed by atoms with Crippen LogP contribution in [0.1, 0.15) is 95.8 Å². The van der Waals surface area contributed by atoms with Crippen molar-refractivity contribution in [2.24, 2.45) is 23.7 Å². The lowest BCUT2D eigenvalue weighted by Gasteiger charge is -2.49. The minimum atomic E-state index is -4.77. The second-order valence-corrected chi connectivity index (χ2v) is 28.5. The molecule has 2 saturated carbocycles. The molecule has 0 spiro atoms. The molecular weight excluding hydrogens is 1410 g/mol. The zero-order valence-corrected chi connectivity index (χ0v) is 58.8. The van der Waals surface area contributed by atoms with Crippen LogP contribution in [-0.2, 0) is 21.9 Å². The average molecular weight is 1490 g/mol. The van der Waals surface area contributed by atoms with Gasteiger partial charge in [0.25, 0.3) is 11.8 Å². The van der Waals surface area contributed by atoms with Crippen LogP contribution in [-0.4, -0.2) is 187 Å². The van der Waals surface area contributed by atoms with Gasteiger partial charge in [0.1, 0.15) is 51.6 Å². The molecule has 8 amide bonds. The molecule has 108 heavy (non-hydrogen) atoms. The number of imide groups is 2. The first-order chi connectivity index (χ1) is 52.0. The highest BCUT2D eigenvalue weighted by atomic mass is 19.4. The fourth-order valence-electron chi connectivity index (χ4n) is 16.7. The molecule has 28 nitrogen and oxygen atoms in total. The van der Waals surface area contributed by atoms with Gasteiger partial charge < -0.3 is 29.9 Å². The molecular formula is C74H76F6N20O8. The molecule has 2 aromatic carbocycles. The zero-order valence-electron chi connectivity index (χ0n) is 58.8. The maximum Gasteiger partial charge on any atom is 0.433 e. The Morgan fingerprint density at radius 1 is 0.546 bits per heavy atom. The summed E-state index contributed by atoms with van der Waals surface area (Å²) in [6.45, 7) is 8.04. The summed E-state index contributed by atoms with van der Waals surface area (Å²) >= 11 is 0. The SMILES string of the molecule is COc1cc2nn([C@@H]3CC[C@@H](CN4CCN(c5cccn6c(N7CCC(=O)NC7=O)cnc56)CC4)C(C4C[C@@H](n5cc6cc(NC(=O)c7cccc(C(F)(F)F)n7)c(OC)cc6n5)CC[C@@H]4CN4CCN(c5ccn6c(N7CCC(=O)NC7=O)cnc6c5)CC4)C3)cc2cc1NC(=O)c1cccc(C(F)(F)F)n1. The number of alkyl halides is 6. The van der Waals surface area contributed by atoms with Crippen LogP contribution in [0.5, 0.6) is 11.5 Å². The van der Waals surface area contributed by atoms with Crippen LogP contribution in [0.2, 0.25) is 0 Å². The number of aromatic nitrogens is 10. The van der Waals surface area contributed by atoms with E-state index in [0.717, 1.165) is 127 Å². The van der Waals surface area contributed by atoms with Gasteiger partial charge in [-0.2, -0.15) is 36.5 Å². The number of halogens is 6. The van der Waals surface area contributed by atoms with Gasteiger partial charge in [0.05, 0.1) is 66.8 Å². The standard InChI is InChI=1S/C74H76F6N20O8/c1-107-59-35-54-45(30-56(59)85-69(103)52-6-3-9-61(83-52)73(75,76)77)41-99(89-54)48-13-11-43(39-91-22-26-93(27-23-91)47-15-19-95-63(34-47)81-37-66(95)97-20-16-64(101)87-71(97)105)50(32-48)51-33-49(100-42-46-31-57(60(108-2)36-55(46)90-100)86-70(104)53-7-4-10-62(84-53)74(78,79)80)14-12-44(51)40-92-24-28-94(29-25-92)58-8-5-18-96-67(38-82-68(58)96)98-21-17-65(102)88-72(98)106/h3-10,15,18-19,30-31,34-38,41-44,48-51H,11-14,16-17,20-29,32-33,39-40H2,1-2H3,(H,85,103)(H,86,104)(H,87,101,105)(H,88,102,106)/t43-,44+,48+,49-,50?,51?/m1/s1. The lowest BCUT2D eigenvalue weighted by atomic mass is 9.62. The number of hydrogen-bond acceptors (Lipinski definition) is 18. The number of rotatable bonds is 17. The molecule has 6 atom stereocenters. The van der Waals surface area contributed by atoms with Crippen molar-refractivity contribution in [1.82, 2.24) is 68.7 Å². The van der Waals surface area contributed by atoms with Crippen LogP contribution >= 0.6 is 0 Å². The second-order valence-electron chi connectivity index (χ2n) is 28.5.